The lowest BCUT2D eigenvalue weighted by atomic mass is 9.74. The minimum Gasteiger partial charge on any atom is -0.356 e. The number of hydrogen-bond acceptors (Lipinski definition) is 3. The van der Waals surface area contributed by atoms with Crippen molar-refractivity contribution in [3.05, 3.63) is 30.2 Å². The van der Waals surface area contributed by atoms with Crippen molar-refractivity contribution in [3.63, 3.8) is 0 Å². The van der Waals surface area contributed by atoms with Crippen molar-refractivity contribution in [2.24, 2.45) is 5.41 Å². The Kier molecular flexibility index (Phi) is 5.32. The lowest BCUT2D eigenvalue weighted by Gasteiger charge is -2.39. The molecule has 0 amide bonds. The molecule has 0 saturated heterocycles. The maximum absolute atomic E-state index is 13.0. The fourth-order valence-corrected chi connectivity index (χ4v) is 3.26. The van der Waals surface area contributed by atoms with Crippen LogP contribution in [0, 0.1) is 12.3 Å². The summed E-state index contributed by atoms with van der Waals surface area (Å²) in [5.41, 5.74) is 0.294. The standard InChI is InChI=1S/C17H24F3N3/c1-4-16(9-7-6-8-10-16)12-23(5-2)14-11-13(3)21-15(22-14)17(18,19)20/h4,11H,1,5-10,12H2,2-3H3. The highest BCUT2D eigenvalue weighted by Crippen LogP contribution is 2.39. The first kappa shape index (κ1) is 17.8. The molecule has 0 radical (unpaired) electrons. The molecule has 2 rings (SSSR count). The van der Waals surface area contributed by atoms with Gasteiger partial charge in [0.15, 0.2) is 0 Å². The summed E-state index contributed by atoms with van der Waals surface area (Å²) in [5, 5.41) is 0. The molecule has 0 bridgehead atoms. The smallest absolute Gasteiger partial charge is 0.356 e. The molecule has 0 unspecified atom stereocenters. The highest BCUT2D eigenvalue weighted by Gasteiger charge is 2.36. The molecule has 1 fully saturated rings. The number of hydrogen-bond donors (Lipinski definition) is 0. The Morgan fingerprint density at radius 1 is 1.26 bits per heavy atom. The number of rotatable bonds is 5. The van der Waals surface area contributed by atoms with Crippen LogP contribution < -0.4 is 4.90 Å². The van der Waals surface area contributed by atoms with E-state index in [0.29, 0.717) is 24.6 Å². The van der Waals surface area contributed by atoms with Gasteiger partial charge in [0.1, 0.15) is 5.82 Å². The lowest BCUT2D eigenvalue weighted by Crippen LogP contribution is -2.38. The Morgan fingerprint density at radius 3 is 2.43 bits per heavy atom. The zero-order valence-electron chi connectivity index (χ0n) is 13.8. The van der Waals surface area contributed by atoms with Crippen LogP contribution in [0.15, 0.2) is 18.7 Å². The minimum atomic E-state index is -4.53. The molecule has 1 aromatic rings. The minimum absolute atomic E-state index is 0.0362. The highest BCUT2D eigenvalue weighted by atomic mass is 19.4. The Labute approximate surface area is 135 Å². The zero-order valence-corrected chi connectivity index (χ0v) is 13.8. The third kappa shape index (κ3) is 4.24. The molecule has 0 spiro atoms. The SMILES string of the molecule is C=CC1(CN(CC)c2cc(C)nc(C(F)(F)F)n2)CCCCC1. The fourth-order valence-electron chi connectivity index (χ4n) is 3.26. The van der Waals surface area contributed by atoms with Gasteiger partial charge >= 0.3 is 6.18 Å². The Bertz CT molecular complexity index is 549. The summed E-state index contributed by atoms with van der Waals surface area (Å²) in [7, 11) is 0. The van der Waals surface area contributed by atoms with E-state index in [1.165, 1.54) is 6.42 Å². The topological polar surface area (TPSA) is 29.0 Å². The van der Waals surface area contributed by atoms with Crippen LogP contribution in [0.1, 0.15) is 50.5 Å². The first-order valence-corrected chi connectivity index (χ1v) is 8.11. The van der Waals surface area contributed by atoms with Gasteiger partial charge in [-0.05, 0) is 26.7 Å². The van der Waals surface area contributed by atoms with Gasteiger partial charge in [-0.3, -0.25) is 0 Å². The summed E-state index contributed by atoms with van der Waals surface area (Å²) in [6.07, 6.45) is 3.01. The van der Waals surface area contributed by atoms with Crippen molar-refractivity contribution < 1.29 is 13.2 Å². The molecule has 6 heteroatoms. The molecule has 0 aliphatic heterocycles. The van der Waals surface area contributed by atoms with Crippen LogP contribution in [0.25, 0.3) is 0 Å². The number of alkyl halides is 3. The van der Waals surface area contributed by atoms with Crippen molar-refractivity contribution in [1.82, 2.24) is 9.97 Å². The van der Waals surface area contributed by atoms with E-state index in [4.69, 9.17) is 0 Å². The van der Waals surface area contributed by atoms with E-state index >= 15 is 0 Å². The number of nitrogens with zero attached hydrogens (tertiary/aromatic N) is 3. The van der Waals surface area contributed by atoms with E-state index in [2.05, 4.69) is 16.5 Å². The van der Waals surface area contributed by atoms with Crippen LogP contribution in [-0.4, -0.2) is 23.1 Å². The zero-order chi connectivity index (χ0) is 17.1. The Morgan fingerprint density at radius 2 is 1.91 bits per heavy atom. The van der Waals surface area contributed by atoms with Gasteiger partial charge in [-0.25, -0.2) is 9.97 Å². The summed E-state index contributed by atoms with van der Waals surface area (Å²) < 4.78 is 38.9. The van der Waals surface area contributed by atoms with E-state index in [9.17, 15) is 13.2 Å². The van der Waals surface area contributed by atoms with Gasteiger partial charge in [0.05, 0.1) is 0 Å². The van der Waals surface area contributed by atoms with Crippen LogP contribution >= 0.6 is 0 Å². The van der Waals surface area contributed by atoms with Gasteiger partial charge < -0.3 is 4.90 Å². The molecule has 0 atom stereocenters. The summed E-state index contributed by atoms with van der Waals surface area (Å²) >= 11 is 0. The van der Waals surface area contributed by atoms with Crippen molar-refractivity contribution in [2.75, 3.05) is 18.0 Å². The van der Waals surface area contributed by atoms with Crippen molar-refractivity contribution in [2.45, 2.75) is 52.1 Å². The fraction of sp³-hybridized carbons (Fsp3) is 0.647. The molecule has 23 heavy (non-hydrogen) atoms. The average Bonchev–Trinajstić information content (AvgIpc) is 2.52. The lowest BCUT2D eigenvalue weighted by molar-refractivity contribution is -0.145. The summed E-state index contributed by atoms with van der Waals surface area (Å²) in [6.45, 7) is 8.73. The largest absolute Gasteiger partial charge is 0.451 e. The third-order valence-corrected chi connectivity index (χ3v) is 4.59. The van der Waals surface area contributed by atoms with E-state index in [1.807, 2.05) is 17.9 Å². The van der Waals surface area contributed by atoms with E-state index < -0.39 is 12.0 Å². The average molecular weight is 327 g/mol. The van der Waals surface area contributed by atoms with Gasteiger partial charge in [-0.15, -0.1) is 6.58 Å². The maximum atomic E-state index is 13.0. The van der Waals surface area contributed by atoms with Crippen molar-refractivity contribution in [3.8, 4) is 0 Å². The Balaban J connectivity index is 2.30. The monoisotopic (exact) mass is 327 g/mol. The van der Waals surface area contributed by atoms with Crippen LogP contribution in [0.3, 0.4) is 0 Å². The van der Waals surface area contributed by atoms with Crippen molar-refractivity contribution in [1.29, 1.82) is 0 Å². The second-order valence-electron chi connectivity index (χ2n) is 6.33. The van der Waals surface area contributed by atoms with Crippen LogP contribution in [0.4, 0.5) is 19.0 Å². The Hall–Kier alpha value is -1.59. The molecule has 128 valence electrons. The maximum Gasteiger partial charge on any atom is 0.451 e. The molecule has 1 aliphatic carbocycles. The van der Waals surface area contributed by atoms with E-state index in [-0.39, 0.29) is 5.41 Å². The number of aromatic nitrogens is 2. The molecule has 0 aromatic carbocycles. The summed E-state index contributed by atoms with van der Waals surface area (Å²) in [6, 6.07) is 1.62. The third-order valence-electron chi connectivity index (χ3n) is 4.59. The molecule has 1 saturated carbocycles. The number of anilines is 1. The van der Waals surface area contributed by atoms with Gasteiger partial charge in [-0.1, -0.05) is 25.3 Å². The summed E-state index contributed by atoms with van der Waals surface area (Å²) in [4.78, 5) is 9.20. The highest BCUT2D eigenvalue weighted by molar-refractivity contribution is 5.40. The normalized spacial score (nSPS) is 17.8. The van der Waals surface area contributed by atoms with Gasteiger partial charge in [0.25, 0.3) is 0 Å². The number of aryl methyl sites for hydroxylation is 1. The molecule has 1 heterocycles. The molecule has 3 nitrogen and oxygen atoms in total. The van der Waals surface area contributed by atoms with Crippen molar-refractivity contribution >= 4 is 5.82 Å². The van der Waals surface area contributed by atoms with Gasteiger partial charge in [-0.2, -0.15) is 13.2 Å². The molecular weight excluding hydrogens is 303 g/mol. The van der Waals surface area contributed by atoms with Gasteiger partial charge in [0, 0.05) is 30.3 Å². The van der Waals surface area contributed by atoms with E-state index in [0.717, 1.165) is 25.7 Å². The first-order chi connectivity index (χ1) is 10.8. The predicted molar refractivity (Wildman–Crippen MR) is 85.4 cm³/mol. The number of halogens is 3. The van der Waals surface area contributed by atoms with E-state index in [1.54, 1.807) is 13.0 Å². The second kappa shape index (κ2) is 6.89. The van der Waals surface area contributed by atoms with Crippen LogP contribution in [0.2, 0.25) is 0 Å². The molecule has 1 aliphatic rings. The summed E-state index contributed by atoms with van der Waals surface area (Å²) in [5.74, 6) is -0.721. The van der Waals surface area contributed by atoms with Gasteiger partial charge in [0.2, 0.25) is 5.82 Å². The molecule has 0 N–H and O–H groups in total. The molecule has 1 aromatic heterocycles. The molecular formula is C17H24F3N3. The first-order valence-electron chi connectivity index (χ1n) is 8.11. The second-order valence-corrected chi connectivity index (χ2v) is 6.33. The quantitative estimate of drug-likeness (QED) is 0.730. The predicted octanol–water partition coefficient (Wildman–Crippen LogP) is 4.77. The van der Waals surface area contributed by atoms with Crippen LogP contribution in [0.5, 0.6) is 0 Å². The van der Waals surface area contributed by atoms with Crippen LogP contribution in [-0.2, 0) is 6.18 Å².